The standard InChI is InChI=1S/C27H35NO4/c1-8-9-22-16-23(26(32-19(4)5)17-25(22)31-18(2)3)14-15-24(29)20-10-12-21(13-11-20)27(30)28(6)7/h10-19H,8-9H2,1-7H3. The van der Waals surface area contributed by atoms with E-state index in [9.17, 15) is 9.59 Å². The van der Waals surface area contributed by atoms with E-state index in [1.165, 1.54) is 4.90 Å². The van der Waals surface area contributed by atoms with Crippen molar-refractivity contribution in [2.75, 3.05) is 14.1 Å². The predicted molar refractivity (Wildman–Crippen MR) is 130 cm³/mol. The minimum Gasteiger partial charge on any atom is -0.491 e. The molecular formula is C27H35NO4. The van der Waals surface area contributed by atoms with Gasteiger partial charge < -0.3 is 14.4 Å². The monoisotopic (exact) mass is 437 g/mol. The molecule has 0 atom stereocenters. The second kappa shape index (κ2) is 11.5. The van der Waals surface area contributed by atoms with Gasteiger partial charge in [0.2, 0.25) is 0 Å². The molecule has 0 radical (unpaired) electrons. The summed E-state index contributed by atoms with van der Waals surface area (Å²) in [5.74, 6) is 1.28. The van der Waals surface area contributed by atoms with Crippen LogP contribution in [0.3, 0.4) is 0 Å². The van der Waals surface area contributed by atoms with Crippen molar-refractivity contribution >= 4 is 17.8 Å². The van der Waals surface area contributed by atoms with Gasteiger partial charge in [-0.25, -0.2) is 0 Å². The fourth-order valence-corrected chi connectivity index (χ4v) is 3.24. The molecule has 0 spiro atoms. The first-order valence-corrected chi connectivity index (χ1v) is 11.2. The van der Waals surface area contributed by atoms with Crippen molar-refractivity contribution < 1.29 is 19.1 Å². The van der Waals surface area contributed by atoms with Crippen molar-refractivity contribution in [1.29, 1.82) is 0 Å². The molecule has 5 nitrogen and oxygen atoms in total. The number of amides is 1. The first-order valence-electron chi connectivity index (χ1n) is 11.2. The summed E-state index contributed by atoms with van der Waals surface area (Å²) in [6.07, 6.45) is 5.24. The van der Waals surface area contributed by atoms with Crippen molar-refractivity contribution in [3.8, 4) is 11.5 Å². The van der Waals surface area contributed by atoms with Gasteiger partial charge in [0, 0.05) is 36.9 Å². The maximum atomic E-state index is 12.7. The molecule has 1 amide bonds. The maximum absolute atomic E-state index is 12.7. The minimum atomic E-state index is -0.135. The summed E-state index contributed by atoms with van der Waals surface area (Å²) < 4.78 is 12.0. The van der Waals surface area contributed by atoms with Crippen molar-refractivity contribution in [3.05, 3.63) is 64.7 Å². The van der Waals surface area contributed by atoms with E-state index in [1.54, 1.807) is 50.5 Å². The van der Waals surface area contributed by atoms with Crippen LogP contribution in [0.25, 0.3) is 6.08 Å². The lowest BCUT2D eigenvalue weighted by atomic mass is 10.0. The van der Waals surface area contributed by atoms with Crippen LogP contribution in [-0.2, 0) is 6.42 Å². The van der Waals surface area contributed by atoms with E-state index in [0.29, 0.717) is 16.9 Å². The Morgan fingerprint density at radius 1 is 0.906 bits per heavy atom. The zero-order chi connectivity index (χ0) is 23.8. The van der Waals surface area contributed by atoms with E-state index in [-0.39, 0.29) is 23.9 Å². The normalized spacial score (nSPS) is 11.3. The highest BCUT2D eigenvalue weighted by Crippen LogP contribution is 2.33. The molecule has 0 N–H and O–H groups in total. The number of allylic oxidation sites excluding steroid dienone is 1. The number of rotatable bonds is 10. The number of hydrogen-bond acceptors (Lipinski definition) is 4. The molecule has 0 bridgehead atoms. The molecule has 0 aliphatic rings. The van der Waals surface area contributed by atoms with Crippen LogP contribution in [0, 0.1) is 0 Å². The second-order valence-electron chi connectivity index (χ2n) is 8.56. The molecule has 0 aliphatic heterocycles. The van der Waals surface area contributed by atoms with Gasteiger partial charge in [-0.2, -0.15) is 0 Å². The summed E-state index contributed by atoms with van der Waals surface area (Å²) in [5.41, 5.74) is 3.01. The molecule has 2 rings (SSSR count). The van der Waals surface area contributed by atoms with Gasteiger partial charge in [0.25, 0.3) is 5.91 Å². The molecule has 2 aromatic rings. The average molecular weight is 438 g/mol. The SMILES string of the molecule is CCCc1cc(C=CC(=O)c2ccc(C(=O)N(C)C)cc2)c(OC(C)C)cc1OC(C)C. The number of aryl methyl sites for hydroxylation is 1. The quantitative estimate of drug-likeness (QED) is 0.348. The summed E-state index contributed by atoms with van der Waals surface area (Å²) >= 11 is 0. The van der Waals surface area contributed by atoms with Crippen LogP contribution >= 0.6 is 0 Å². The predicted octanol–water partition coefficient (Wildman–Crippen LogP) is 5.81. The Labute approximate surface area is 192 Å². The highest BCUT2D eigenvalue weighted by molar-refractivity contribution is 6.07. The van der Waals surface area contributed by atoms with E-state index in [4.69, 9.17) is 9.47 Å². The Balaban J connectivity index is 2.35. The van der Waals surface area contributed by atoms with Crippen LogP contribution in [0.15, 0.2) is 42.5 Å². The Bertz CT molecular complexity index is 956. The molecule has 172 valence electrons. The second-order valence-corrected chi connectivity index (χ2v) is 8.56. The van der Waals surface area contributed by atoms with Crippen LogP contribution in [0.5, 0.6) is 11.5 Å². The fraction of sp³-hybridized carbons (Fsp3) is 0.407. The van der Waals surface area contributed by atoms with E-state index in [0.717, 1.165) is 29.7 Å². The number of carbonyl (C=O) groups is 2. The molecule has 0 heterocycles. The molecule has 32 heavy (non-hydrogen) atoms. The van der Waals surface area contributed by atoms with Crippen LogP contribution in [0.2, 0.25) is 0 Å². The summed E-state index contributed by atoms with van der Waals surface area (Å²) in [7, 11) is 3.40. The molecule has 0 unspecified atom stereocenters. The number of hydrogen-bond donors (Lipinski definition) is 0. The summed E-state index contributed by atoms with van der Waals surface area (Å²) in [6.45, 7) is 10.1. The number of ketones is 1. The lowest BCUT2D eigenvalue weighted by Gasteiger charge is -2.19. The third-order valence-electron chi connectivity index (χ3n) is 4.67. The first kappa shape index (κ1) is 25.2. The lowest BCUT2D eigenvalue weighted by Crippen LogP contribution is -2.21. The molecular weight excluding hydrogens is 402 g/mol. The highest BCUT2D eigenvalue weighted by Gasteiger charge is 2.14. The maximum Gasteiger partial charge on any atom is 0.253 e. The van der Waals surface area contributed by atoms with E-state index in [1.807, 2.05) is 39.8 Å². The number of benzene rings is 2. The van der Waals surface area contributed by atoms with Gasteiger partial charge in [-0.1, -0.05) is 25.5 Å². The Hall–Kier alpha value is -3.08. The van der Waals surface area contributed by atoms with Crippen LogP contribution in [0.4, 0.5) is 0 Å². The largest absolute Gasteiger partial charge is 0.491 e. The summed E-state index contributed by atoms with van der Waals surface area (Å²) in [6, 6.07) is 10.7. The molecule has 0 saturated heterocycles. The highest BCUT2D eigenvalue weighted by atomic mass is 16.5. The number of nitrogens with zero attached hydrogens (tertiary/aromatic N) is 1. The lowest BCUT2D eigenvalue weighted by molar-refractivity contribution is 0.0827. The smallest absolute Gasteiger partial charge is 0.253 e. The van der Waals surface area contributed by atoms with Gasteiger partial charge in [-0.05, 0) is 70.0 Å². The summed E-state index contributed by atoms with van der Waals surface area (Å²) in [5, 5.41) is 0. The minimum absolute atomic E-state index is 0.0106. The zero-order valence-corrected chi connectivity index (χ0v) is 20.3. The first-order chi connectivity index (χ1) is 15.1. The fourth-order valence-electron chi connectivity index (χ4n) is 3.24. The van der Waals surface area contributed by atoms with E-state index in [2.05, 4.69) is 6.92 Å². The Kier molecular flexibility index (Phi) is 9.06. The van der Waals surface area contributed by atoms with Crippen molar-refractivity contribution in [3.63, 3.8) is 0 Å². The van der Waals surface area contributed by atoms with Gasteiger partial charge in [0.15, 0.2) is 5.78 Å². The van der Waals surface area contributed by atoms with E-state index >= 15 is 0 Å². The Morgan fingerprint density at radius 2 is 1.47 bits per heavy atom. The Morgan fingerprint density at radius 3 is 2.00 bits per heavy atom. The zero-order valence-electron chi connectivity index (χ0n) is 20.3. The molecule has 0 aliphatic carbocycles. The van der Waals surface area contributed by atoms with Crippen LogP contribution < -0.4 is 9.47 Å². The topological polar surface area (TPSA) is 55.8 Å². The van der Waals surface area contributed by atoms with Gasteiger partial charge in [0.05, 0.1) is 12.2 Å². The average Bonchev–Trinajstić information content (AvgIpc) is 2.73. The van der Waals surface area contributed by atoms with Crippen LogP contribution in [-0.4, -0.2) is 42.9 Å². The van der Waals surface area contributed by atoms with Gasteiger partial charge in [-0.3, -0.25) is 9.59 Å². The molecule has 0 saturated carbocycles. The van der Waals surface area contributed by atoms with Crippen molar-refractivity contribution in [1.82, 2.24) is 4.90 Å². The number of ether oxygens (including phenoxy) is 2. The van der Waals surface area contributed by atoms with Crippen molar-refractivity contribution in [2.45, 2.75) is 59.7 Å². The van der Waals surface area contributed by atoms with E-state index < -0.39 is 0 Å². The van der Waals surface area contributed by atoms with Crippen LogP contribution in [0.1, 0.15) is 72.9 Å². The van der Waals surface area contributed by atoms with Crippen molar-refractivity contribution in [2.24, 2.45) is 0 Å². The molecule has 0 fully saturated rings. The van der Waals surface area contributed by atoms with Gasteiger partial charge in [-0.15, -0.1) is 0 Å². The third kappa shape index (κ3) is 6.98. The van der Waals surface area contributed by atoms with Gasteiger partial charge in [0.1, 0.15) is 11.5 Å². The summed E-state index contributed by atoms with van der Waals surface area (Å²) in [4.78, 5) is 26.3. The molecule has 0 aromatic heterocycles. The molecule has 2 aromatic carbocycles. The molecule has 5 heteroatoms. The number of carbonyl (C=O) groups excluding carboxylic acids is 2. The van der Waals surface area contributed by atoms with Gasteiger partial charge >= 0.3 is 0 Å². The third-order valence-corrected chi connectivity index (χ3v) is 4.67.